The first-order chi connectivity index (χ1) is 20.6. The Morgan fingerprint density at radius 2 is 1.76 bits per heavy atom. The lowest BCUT2D eigenvalue weighted by atomic mass is 9.84. The molecule has 3 aromatic heterocycles. The van der Waals surface area contributed by atoms with Crippen LogP contribution in [0.15, 0.2) is 90.3 Å². The van der Waals surface area contributed by atoms with Gasteiger partial charge in [-0.25, -0.2) is 19.2 Å². The number of methoxy groups -OCH3 is 1. The van der Waals surface area contributed by atoms with Crippen LogP contribution in [0.2, 0.25) is 5.02 Å². The second-order valence-electron chi connectivity index (χ2n) is 9.65. The molecule has 42 heavy (non-hydrogen) atoms. The molecule has 11 heteroatoms. The standard InChI is InChI=1S/C31H24ClN7O3/c1-19-26-27(23-10-6-7-11-24(23)40-2)28-29-35-25(17-41-34-16-20-8-4-3-5-9-20)37-38(29)18-33-30(28)42-31(26)39(36-19)22-14-12-21(32)13-15-22/h3-16,18,27H,17H2,1-2H3/b34-16-/t27-/m1/s1. The lowest BCUT2D eigenvalue weighted by molar-refractivity contribution is 0.126. The zero-order chi connectivity index (χ0) is 28.6. The number of oxime groups is 1. The summed E-state index contributed by atoms with van der Waals surface area (Å²) in [6.45, 7) is 2.04. The number of nitrogens with zero attached hydrogens (tertiary/aromatic N) is 7. The molecule has 0 aliphatic carbocycles. The van der Waals surface area contributed by atoms with Crippen molar-refractivity contribution < 1.29 is 14.3 Å². The molecule has 1 atom stereocenters. The third-order valence-electron chi connectivity index (χ3n) is 7.05. The quantitative estimate of drug-likeness (QED) is 0.166. The van der Waals surface area contributed by atoms with Gasteiger partial charge in [0.2, 0.25) is 11.8 Å². The van der Waals surface area contributed by atoms with Crippen LogP contribution in [0.4, 0.5) is 0 Å². The molecule has 0 unspecified atom stereocenters. The fourth-order valence-corrected chi connectivity index (χ4v) is 5.32. The van der Waals surface area contributed by atoms with Gasteiger partial charge in [-0.3, -0.25) is 0 Å². The Labute approximate surface area is 245 Å². The van der Waals surface area contributed by atoms with E-state index in [0.717, 1.165) is 39.4 Å². The van der Waals surface area contributed by atoms with Crippen molar-refractivity contribution in [1.82, 2.24) is 29.4 Å². The van der Waals surface area contributed by atoms with E-state index < -0.39 is 0 Å². The van der Waals surface area contributed by atoms with Crippen LogP contribution in [0.3, 0.4) is 0 Å². The Morgan fingerprint density at radius 1 is 0.976 bits per heavy atom. The van der Waals surface area contributed by atoms with Gasteiger partial charge in [-0.2, -0.15) is 5.10 Å². The van der Waals surface area contributed by atoms with Gasteiger partial charge in [-0.15, -0.1) is 5.10 Å². The van der Waals surface area contributed by atoms with Gasteiger partial charge in [0.05, 0.1) is 41.8 Å². The molecule has 1 aliphatic heterocycles. The van der Waals surface area contributed by atoms with Gasteiger partial charge >= 0.3 is 0 Å². The maximum Gasteiger partial charge on any atom is 0.230 e. The Bertz CT molecular complexity index is 1930. The molecule has 6 aromatic rings. The average Bonchev–Trinajstić information content (AvgIpc) is 3.59. The van der Waals surface area contributed by atoms with E-state index in [0.29, 0.717) is 28.3 Å². The van der Waals surface area contributed by atoms with Gasteiger partial charge in [0.25, 0.3) is 0 Å². The van der Waals surface area contributed by atoms with Crippen LogP contribution in [-0.2, 0) is 11.4 Å². The minimum atomic E-state index is -0.355. The van der Waals surface area contributed by atoms with Crippen LogP contribution in [0.1, 0.15) is 39.7 Å². The fraction of sp³-hybridized carbons (Fsp3) is 0.129. The van der Waals surface area contributed by atoms with E-state index in [2.05, 4.69) is 15.2 Å². The first-order valence-corrected chi connectivity index (χ1v) is 13.6. The number of aromatic nitrogens is 6. The molecular weight excluding hydrogens is 554 g/mol. The topological polar surface area (TPSA) is 101 Å². The lowest BCUT2D eigenvalue weighted by Crippen LogP contribution is -2.16. The average molecular weight is 578 g/mol. The first kappa shape index (κ1) is 25.7. The number of hydrogen-bond acceptors (Lipinski definition) is 8. The van der Waals surface area contributed by atoms with Crippen LogP contribution in [0, 0.1) is 6.92 Å². The summed E-state index contributed by atoms with van der Waals surface area (Å²) in [7, 11) is 1.66. The van der Waals surface area contributed by atoms with Gasteiger partial charge in [0.1, 0.15) is 12.1 Å². The molecule has 0 amide bonds. The molecule has 0 fully saturated rings. The molecule has 0 N–H and O–H groups in total. The normalized spacial score (nSPS) is 14.0. The van der Waals surface area contributed by atoms with Crippen molar-refractivity contribution >= 4 is 23.5 Å². The maximum atomic E-state index is 6.48. The van der Waals surface area contributed by atoms with Crippen LogP contribution >= 0.6 is 11.6 Å². The predicted octanol–water partition coefficient (Wildman–Crippen LogP) is 6.12. The van der Waals surface area contributed by atoms with Crippen molar-refractivity contribution in [3.8, 4) is 23.2 Å². The summed E-state index contributed by atoms with van der Waals surface area (Å²) >= 11 is 6.16. The number of fused-ring (bicyclic) bond motifs is 4. The van der Waals surface area contributed by atoms with Crippen molar-refractivity contribution in [3.63, 3.8) is 0 Å². The number of aryl methyl sites for hydroxylation is 1. The van der Waals surface area contributed by atoms with Gasteiger partial charge in [-0.1, -0.05) is 65.3 Å². The number of hydrogen-bond donors (Lipinski definition) is 0. The number of benzene rings is 3. The molecule has 3 aromatic carbocycles. The Hall–Kier alpha value is -5.22. The summed E-state index contributed by atoms with van der Waals surface area (Å²) in [4.78, 5) is 15.0. The van der Waals surface area contributed by atoms with Crippen molar-refractivity contribution in [3.05, 3.63) is 124 Å². The van der Waals surface area contributed by atoms with Gasteiger partial charge in [-0.05, 0) is 42.8 Å². The maximum absolute atomic E-state index is 6.48. The van der Waals surface area contributed by atoms with Crippen LogP contribution in [0.5, 0.6) is 17.5 Å². The Balaban J connectivity index is 1.34. The highest BCUT2D eigenvalue weighted by Crippen LogP contribution is 2.51. The summed E-state index contributed by atoms with van der Waals surface area (Å²) in [5.41, 5.74) is 5.68. The highest BCUT2D eigenvalue weighted by molar-refractivity contribution is 6.30. The van der Waals surface area contributed by atoms with Crippen molar-refractivity contribution in [1.29, 1.82) is 0 Å². The lowest BCUT2D eigenvalue weighted by Gasteiger charge is -2.27. The SMILES string of the molecule is COc1ccccc1[C@@H]1c2c(C)nn(-c3ccc(Cl)cc3)c2Oc2ncn3nc(CO/N=C\c4ccccc4)nc3c21. The third kappa shape index (κ3) is 4.51. The summed E-state index contributed by atoms with van der Waals surface area (Å²) in [5, 5.41) is 14.2. The fourth-order valence-electron chi connectivity index (χ4n) is 5.19. The zero-order valence-electron chi connectivity index (χ0n) is 22.7. The van der Waals surface area contributed by atoms with Gasteiger partial charge < -0.3 is 14.3 Å². The Kier molecular flexibility index (Phi) is 6.52. The molecule has 208 valence electrons. The predicted molar refractivity (Wildman–Crippen MR) is 157 cm³/mol. The molecule has 10 nitrogen and oxygen atoms in total. The second-order valence-corrected chi connectivity index (χ2v) is 10.1. The highest BCUT2D eigenvalue weighted by Gasteiger charge is 2.39. The van der Waals surface area contributed by atoms with E-state index in [9.17, 15) is 0 Å². The van der Waals surface area contributed by atoms with Gasteiger partial charge in [0, 0.05) is 10.6 Å². The molecule has 0 bridgehead atoms. The minimum absolute atomic E-state index is 0.0821. The molecule has 0 saturated heterocycles. The number of rotatable bonds is 7. The smallest absolute Gasteiger partial charge is 0.230 e. The number of halogens is 1. The Morgan fingerprint density at radius 3 is 2.57 bits per heavy atom. The molecule has 4 heterocycles. The van der Waals surface area contributed by atoms with Crippen LogP contribution in [0.25, 0.3) is 11.3 Å². The zero-order valence-corrected chi connectivity index (χ0v) is 23.4. The van der Waals surface area contributed by atoms with Crippen molar-refractivity contribution in [2.45, 2.75) is 19.4 Å². The summed E-state index contributed by atoms with van der Waals surface area (Å²) in [5.74, 6) is 1.79. The van der Waals surface area contributed by atoms with E-state index in [1.54, 1.807) is 28.8 Å². The second kappa shape index (κ2) is 10.6. The number of ether oxygens (including phenoxy) is 2. The molecule has 1 aliphatic rings. The van der Waals surface area contributed by atoms with Crippen molar-refractivity contribution in [2.24, 2.45) is 5.16 Å². The monoisotopic (exact) mass is 577 g/mol. The molecular formula is C31H24ClN7O3. The van der Waals surface area contributed by atoms with E-state index in [1.165, 1.54) is 0 Å². The van der Waals surface area contributed by atoms with Crippen molar-refractivity contribution in [2.75, 3.05) is 7.11 Å². The molecule has 0 saturated carbocycles. The molecule has 0 radical (unpaired) electrons. The third-order valence-corrected chi connectivity index (χ3v) is 7.31. The first-order valence-electron chi connectivity index (χ1n) is 13.2. The highest BCUT2D eigenvalue weighted by atomic mass is 35.5. The van der Waals surface area contributed by atoms with E-state index in [4.69, 9.17) is 36.0 Å². The summed E-state index contributed by atoms with van der Waals surface area (Å²) < 4.78 is 15.7. The van der Waals surface area contributed by atoms with Gasteiger partial charge in [0.15, 0.2) is 18.1 Å². The van der Waals surface area contributed by atoms with E-state index in [-0.39, 0.29) is 12.5 Å². The van der Waals surface area contributed by atoms with Crippen LogP contribution < -0.4 is 9.47 Å². The summed E-state index contributed by atoms with van der Waals surface area (Å²) in [6, 6.07) is 25.0. The van der Waals surface area contributed by atoms with Crippen LogP contribution in [-0.4, -0.2) is 42.7 Å². The minimum Gasteiger partial charge on any atom is -0.496 e. The molecule has 7 rings (SSSR count). The number of para-hydroxylation sites is 1. The largest absolute Gasteiger partial charge is 0.496 e. The summed E-state index contributed by atoms with van der Waals surface area (Å²) in [6.07, 6.45) is 3.23. The van der Waals surface area contributed by atoms with E-state index in [1.807, 2.05) is 85.8 Å². The van der Waals surface area contributed by atoms with E-state index >= 15 is 0 Å². The molecule has 0 spiro atoms.